The first-order valence-electron chi connectivity index (χ1n) is 7.98. The highest BCUT2D eigenvalue weighted by molar-refractivity contribution is 7.71. The molecule has 3 aromatic rings. The zero-order valence-electron chi connectivity index (χ0n) is 14.4. The summed E-state index contributed by atoms with van der Waals surface area (Å²) in [4.78, 5) is 0. The quantitative estimate of drug-likeness (QED) is 0.528. The molecule has 0 aliphatic rings. The molecule has 0 aliphatic carbocycles. The lowest BCUT2D eigenvalue weighted by Gasteiger charge is -2.18. The molecule has 1 N–H and O–H groups in total. The summed E-state index contributed by atoms with van der Waals surface area (Å²) in [6.07, 6.45) is 6.90. The summed E-state index contributed by atoms with van der Waals surface area (Å²) in [7, 11) is 0. The van der Waals surface area contributed by atoms with E-state index in [-0.39, 0.29) is 5.41 Å². The largest absolute Gasteiger partial charge is 0.465 e. The zero-order chi connectivity index (χ0) is 17.9. The van der Waals surface area contributed by atoms with Crippen molar-refractivity contribution in [3.63, 3.8) is 0 Å². The number of hydrogen-bond acceptors (Lipinski definition) is 4. The summed E-state index contributed by atoms with van der Waals surface area (Å²) < 4.78 is 7.28. The van der Waals surface area contributed by atoms with Gasteiger partial charge in [0.1, 0.15) is 5.76 Å². The summed E-state index contributed by atoms with van der Waals surface area (Å²) >= 11 is 5.28. The monoisotopic (exact) mass is 352 g/mol. The van der Waals surface area contributed by atoms with Gasteiger partial charge in [0.2, 0.25) is 4.77 Å². The molecule has 2 aromatic heterocycles. The number of aromatic amines is 1. The van der Waals surface area contributed by atoms with E-state index >= 15 is 0 Å². The van der Waals surface area contributed by atoms with Gasteiger partial charge in [-0.3, -0.25) is 0 Å². The van der Waals surface area contributed by atoms with E-state index in [2.05, 4.69) is 48.2 Å². The molecule has 0 amide bonds. The molecule has 0 bridgehead atoms. The van der Waals surface area contributed by atoms with Crippen molar-refractivity contribution in [3.8, 4) is 11.4 Å². The van der Waals surface area contributed by atoms with Gasteiger partial charge in [0.25, 0.3) is 0 Å². The van der Waals surface area contributed by atoms with Gasteiger partial charge in [-0.2, -0.15) is 14.9 Å². The van der Waals surface area contributed by atoms with E-state index in [4.69, 9.17) is 16.6 Å². The second-order valence-electron chi connectivity index (χ2n) is 6.63. The predicted molar refractivity (Wildman–Crippen MR) is 103 cm³/mol. The van der Waals surface area contributed by atoms with Gasteiger partial charge in [-0.25, -0.2) is 5.10 Å². The third-order valence-electron chi connectivity index (χ3n) is 3.73. The first-order valence-corrected chi connectivity index (χ1v) is 8.39. The van der Waals surface area contributed by atoms with Crippen LogP contribution in [0.25, 0.3) is 17.5 Å². The number of aromatic nitrogens is 3. The van der Waals surface area contributed by atoms with Crippen LogP contribution in [0.3, 0.4) is 0 Å². The van der Waals surface area contributed by atoms with Crippen LogP contribution in [-0.4, -0.2) is 21.1 Å². The highest BCUT2D eigenvalue weighted by Gasteiger charge is 2.14. The number of hydrogen-bond donors (Lipinski definition) is 1. The lowest BCUT2D eigenvalue weighted by atomic mass is 9.87. The van der Waals surface area contributed by atoms with Crippen LogP contribution >= 0.6 is 12.2 Å². The smallest absolute Gasteiger partial charge is 0.216 e. The first kappa shape index (κ1) is 17.1. The Labute approximate surface area is 151 Å². The molecule has 25 heavy (non-hydrogen) atoms. The van der Waals surface area contributed by atoms with E-state index in [1.807, 2.05) is 30.3 Å². The molecule has 0 fully saturated rings. The minimum absolute atomic E-state index is 0.109. The average Bonchev–Trinajstić information content (AvgIpc) is 3.21. The van der Waals surface area contributed by atoms with Crippen molar-refractivity contribution < 1.29 is 4.42 Å². The van der Waals surface area contributed by atoms with Gasteiger partial charge in [0, 0.05) is 11.8 Å². The van der Waals surface area contributed by atoms with Gasteiger partial charge in [-0.1, -0.05) is 45.0 Å². The van der Waals surface area contributed by atoms with E-state index in [0.29, 0.717) is 10.6 Å². The third kappa shape index (κ3) is 4.03. The van der Waals surface area contributed by atoms with E-state index < -0.39 is 0 Å². The fourth-order valence-corrected chi connectivity index (χ4v) is 2.51. The maximum absolute atomic E-state index is 5.28. The maximum atomic E-state index is 5.28. The molecular formula is C19H20N4OS. The Hall–Kier alpha value is -2.73. The second-order valence-corrected chi connectivity index (χ2v) is 7.02. The van der Waals surface area contributed by atoms with E-state index in [9.17, 15) is 0 Å². The Morgan fingerprint density at radius 1 is 1.20 bits per heavy atom. The minimum Gasteiger partial charge on any atom is -0.465 e. The van der Waals surface area contributed by atoms with E-state index in [1.165, 1.54) is 5.56 Å². The molecule has 0 unspecified atom stereocenters. The Morgan fingerprint density at radius 3 is 2.60 bits per heavy atom. The molecule has 0 saturated carbocycles. The van der Waals surface area contributed by atoms with Crippen LogP contribution in [0.4, 0.5) is 0 Å². The molecule has 128 valence electrons. The SMILES string of the molecule is CC(C)(C)c1ccc(-c2n[nH]c(=S)n2N=CC=Cc2ccco2)cc1. The highest BCUT2D eigenvalue weighted by Crippen LogP contribution is 2.25. The fourth-order valence-electron chi connectivity index (χ4n) is 2.33. The average molecular weight is 352 g/mol. The van der Waals surface area contributed by atoms with Crippen LogP contribution in [0.5, 0.6) is 0 Å². The zero-order valence-corrected chi connectivity index (χ0v) is 15.2. The van der Waals surface area contributed by atoms with Crippen LogP contribution in [0.15, 0.2) is 58.3 Å². The van der Waals surface area contributed by atoms with Gasteiger partial charge in [-0.15, -0.1) is 0 Å². The second kappa shape index (κ2) is 7.03. The van der Waals surface area contributed by atoms with Gasteiger partial charge >= 0.3 is 0 Å². The Morgan fingerprint density at radius 2 is 1.96 bits per heavy atom. The molecule has 1 aromatic carbocycles. The van der Waals surface area contributed by atoms with Crippen molar-refractivity contribution in [3.05, 3.63) is 64.8 Å². The molecule has 5 nitrogen and oxygen atoms in total. The lowest BCUT2D eigenvalue weighted by Crippen LogP contribution is -2.10. The van der Waals surface area contributed by atoms with Crippen molar-refractivity contribution in [1.29, 1.82) is 0 Å². The van der Waals surface area contributed by atoms with Gasteiger partial charge in [0.05, 0.1) is 6.26 Å². The Bertz CT molecular complexity index is 939. The van der Waals surface area contributed by atoms with Gasteiger partial charge < -0.3 is 4.42 Å². The molecule has 2 heterocycles. The summed E-state index contributed by atoms with van der Waals surface area (Å²) in [6.45, 7) is 6.56. The van der Waals surface area contributed by atoms with Gasteiger partial charge in [0.15, 0.2) is 5.82 Å². The summed E-state index contributed by atoms with van der Waals surface area (Å²) in [6, 6.07) is 12.0. The van der Waals surface area contributed by atoms with Crippen molar-refractivity contribution in [2.45, 2.75) is 26.2 Å². The van der Waals surface area contributed by atoms with Crippen molar-refractivity contribution in [2.24, 2.45) is 5.10 Å². The number of furan rings is 1. The number of nitrogens with one attached hydrogen (secondary N) is 1. The predicted octanol–water partition coefficient (Wildman–Crippen LogP) is 5.05. The minimum atomic E-state index is 0.109. The van der Waals surface area contributed by atoms with Crippen molar-refractivity contribution in [1.82, 2.24) is 14.9 Å². The van der Waals surface area contributed by atoms with E-state index in [1.54, 1.807) is 23.2 Å². The van der Waals surface area contributed by atoms with Crippen LogP contribution < -0.4 is 0 Å². The maximum Gasteiger partial charge on any atom is 0.216 e. The van der Waals surface area contributed by atoms with Crippen LogP contribution in [0.1, 0.15) is 32.1 Å². The molecule has 6 heteroatoms. The molecule has 3 rings (SSSR count). The third-order valence-corrected chi connectivity index (χ3v) is 4.00. The number of H-pyrrole nitrogens is 1. The molecule has 0 saturated heterocycles. The molecule has 0 atom stereocenters. The number of rotatable bonds is 4. The standard InChI is InChI=1S/C19H20N4OS/c1-19(2,3)15-10-8-14(9-11-15)17-21-22-18(25)23(17)20-12-4-6-16-7-5-13-24-16/h4-13H,1-3H3,(H,22,25). The normalized spacial score (nSPS) is 12.4. The topological polar surface area (TPSA) is 59.1 Å². The number of nitrogens with zero attached hydrogens (tertiary/aromatic N) is 3. The van der Waals surface area contributed by atoms with Crippen molar-refractivity contribution >= 4 is 24.5 Å². The summed E-state index contributed by atoms with van der Waals surface area (Å²) in [5.74, 6) is 1.44. The number of benzene rings is 1. The lowest BCUT2D eigenvalue weighted by molar-refractivity contribution is 0.557. The molecular weight excluding hydrogens is 332 g/mol. The summed E-state index contributed by atoms with van der Waals surface area (Å²) in [5, 5.41) is 11.5. The van der Waals surface area contributed by atoms with Crippen LogP contribution in [0.2, 0.25) is 0 Å². The summed E-state index contributed by atoms with van der Waals surface area (Å²) in [5.41, 5.74) is 2.33. The molecule has 0 spiro atoms. The Kier molecular flexibility index (Phi) is 4.81. The van der Waals surface area contributed by atoms with Crippen molar-refractivity contribution in [2.75, 3.05) is 0 Å². The van der Waals surface area contributed by atoms with Crippen LogP contribution in [0, 0.1) is 4.77 Å². The Balaban J connectivity index is 1.85. The number of allylic oxidation sites excluding steroid dienone is 1. The van der Waals surface area contributed by atoms with E-state index in [0.717, 1.165) is 11.3 Å². The van der Waals surface area contributed by atoms with Gasteiger partial charge in [-0.05, 0) is 47.5 Å². The van der Waals surface area contributed by atoms with Crippen LogP contribution in [-0.2, 0) is 5.41 Å². The molecule has 0 radical (unpaired) electrons. The first-order chi connectivity index (χ1) is 11.9. The molecule has 0 aliphatic heterocycles. The highest BCUT2D eigenvalue weighted by atomic mass is 32.1. The fraction of sp³-hybridized carbons (Fsp3) is 0.211.